The lowest BCUT2D eigenvalue weighted by Crippen LogP contribution is -2.44. The number of nitrogens with two attached hydrogens (primary N) is 1. The molecule has 0 aliphatic heterocycles. The van der Waals surface area contributed by atoms with Crippen molar-refractivity contribution in [2.75, 3.05) is 13.6 Å². The maximum atomic E-state index is 11.9. The van der Waals surface area contributed by atoms with Gasteiger partial charge in [-0.2, -0.15) is 13.2 Å². The molecule has 0 aromatic carbocycles. The van der Waals surface area contributed by atoms with Crippen LogP contribution in [0.2, 0.25) is 0 Å². The topological polar surface area (TPSA) is 29.3 Å². The van der Waals surface area contributed by atoms with Gasteiger partial charge < -0.3 is 10.6 Å². The monoisotopic (exact) mass is 212 g/mol. The fourth-order valence-corrected chi connectivity index (χ4v) is 1.17. The van der Waals surface area contributed by atoms with Crippen molar-refractivity contribution < 1.29 is 13.2 Å². The summed E-state index contributed by atoms with van der Waals surface area (Å²) < 4.78 is 35.7. The summed E-state index contributed by atoms with van der Waals surface area (Å²) in [6, 6.07) is -0.0735. The smallest absolute Gasteiger partial charge is 0.326 e. The van der Waals surface area contributed by atoms with Gasteiger partial charge in [0.15, 0.2) is 0 Å². The van der Waals surface area contributed by atoms with Crippen LogP contribution in [-0.4, -0.2) is 36.8 Å². The maximum Gasteiger partial charge on any atom is 0.390 e. The fourth-order valence-electron chi connectivity index (χ4n) is 1.17. The zero-order valence-corrected chi connectivity index (χ0v) is 8.93. The number of hydrogen-bond acceptors (Lipinski definition) is 2. The molecule has 0 aliphatic carbocycles. The van der Waals surface area contributed by atoms with Gasteiger partial charge in [-0.1, -0.05) is 6.92 Å². The molecule has 0 rings (SSSR count). The first-order chi connectivity index (χ1) is 6.28. The van der Waals surface area contributed by atoms with Crippen LogP contribution in [0.3, 0.4) is 0 Å². The third kappa shape index (κ3) is 5.44. The third-order valence-electron chi connectivity index (χ3n) is 2.53. The Morgan fingerprint density at radius 2 is 1.86 bits per heavy atom. The van der Waals surface area contributed by atoms with E-state index in [2.05, 4.69) is 0 Å². The lowest BCUT2D eigenvalue weighted by molar-refractivity contribution is -0.138. The highest BCUT2D eigenvalue weighted by atomic mass is 19.4. The summed E-state index contributed by atoms with van der Waals surface area (Å²) in [6.07, 6.45) is -4.08. The van der Waals surface area contributed by atoms with Crippen molar-refractivity contribution in [1.82, 2.24) is 4.90 Å². The van der Waals surface area contributed by atoms with Gasteiger partial charge in [0, 0.05) is 18.6 Å². The van der Waals surface area contributed by atoms with Crippen LogP contribution in [0.4, 0.5) is 13.2 Å². The average molecular weight is 212 g/mol. The molecule has 0 saturated heterocycles. The Morgan fingerprint density at radius 3 is 2.21 bits per heavy atom. The summed E-state index contributed by atoms with van der Waals surface area (Å²) in [5.41, 5.74) is 5.73. The molecule has 2 nitrogen and oxygen atoms in total. The second-order valence-corrected chi connectivity index (χ2v) is 3.66. The van der Waals surface area contributed by atoms with E-state index in [-0.39, 0.29) is 18.6 Å². The van der Waals surface area contributed by atoms with E-state index in [1.54, 1.807) is 11.9 Å². The van der Waals surface area contributed by atoms with Gasteiger partial charge in [0.2, 0.25) is 0 Å². The van der Waals surface area contributed by atoms with E-state index in [9.17, 15) is 13.2 Å². The molecule has 0 aromatic rings. The summed E-state index contributed by atoms with van der Waals surface area (Å²) in [5, 5.41) is 0. The Morgan fingerprint density at radius 1 is 1.36 bits per heavy atom. The minimum Gasteiger partial charge on any atom is -0.326 e. The van der Waals surface area contributed by atoms with Crippen molar-refractivity contribution in [2.45, 2.75) is 44.9 Å². The normalized spacial score (nSPS) is 17.1. The van der Waals surface area contributed by atoms with E-state index in [1.807, 2.05) is 13.8 Å². The maximum absolute atomic E-state index is 11.9. The van der Waals surface area contributed by atoms with Gasteiger partial charge in [0.1, 0.15) is 0 Å². The molecule has 5 heteroatoms. The number of rotatable bonds is 5. The molecule has 0 amide bonds. The molecule has 14 heavy (non-hydrogen) atoms. The predicted octanol–water partition coefficient (Wildman–Crippen LogP) is 2.00. The quantitative estimate of drug-likeness (QED) is 0.755. The summed E-state index contributed by atoms with van der Waals surface area (Å²) in [4.78, 5) is 1.65. The minimum absolute atomic E-state index is 0.0117. The SMILES string of the molecule is CCC(N)C(C)N(C)CCC(F)(F)F. The Hall–Kier alpha value is -0.290. The molecule has 0 bridgehead atoms. The molecule has 0 saturated carbocycles. The lowest BCUT2D eigenvalue weighted by Gasteiger charge is -2.29. The van der Waals surface area contributed by atoms with Gasteiger partial charge >= 0.3 is 6.18 Å². The molecule has 0 spiro atoms. The molecule has 0 radical (unpaired) electrons. The first kappa shape index (κ1) is 13.7. The van der Waals surface area contributed by atoms with Crippen molar-refractivity contribution in [1.29, 1.82) is 0 Å². The molecule has 2 atom stereocenters. The fraction of sp³-hybridized carbons (Fsp3) is 1.00. The first-order valence-corrected chi connectivity index (χ1v) is 4.80. The van der Waals surface area contributed by atoms with Crippen molar-refractivity contribution in [3.05, 3.63) is 0 Å². The molecule has 0 heterocycles. The molecule has 0 aliphatic rings. The van der Waals surface area contributed by atoms with E-state index in [0.717, 1.165) is 6.42 Å². The van der Waals surface area contributed by atoms with Crippen molar-refractivity contribution in [3.8, 4) is 0 Å². The lowest BCUT2D eigenvalue weighted by atomic mass is 10.1. The molecule has 0 fully saturated rings. The summed E-state index contributed by atoms with van der Waals surface area (Å²) in [7, 11) is 1.67. The Kier molecular flexibility index (Phi) is 5.44. The van der Waals surface area contributed by atoms with Crippen molar-refractivity contribution >= 4 is 0 Å². The Labute approximate surface area is 83.3 Å². The summed E-state index contributed by atoms with van der Waals surface area (Å²) in [5.74, 6) is 0. The van der Waals surface area contributed by atoms with Crippen LogP contribution >= 0.6 is 0 Å². The van der Waals surface area contributed by atoms with Crippen LogP contribution in [0.15, 0.2) is 0 Å². The van der Waals surface area contributed by atoms with Crippen molar-refractivity contribution in [2.24, 2.45) is 5.73 Å². The number of likely N-dealkylation sites (N-methyl/N-ethyl adjacent to an activating group) is 1. The van der Waals surface area contributed by atoms with Gasteiger partial charge in [0.25, 0.3) is 0 Å². The number of nitrogens with zero attached hydrogens (tertiary/aromatic N) is 1. The molecule has 86 valence electrons. The van der Waals surface area contributed by atoms with E-state index in [0.29, 0.717) is 0 Å². The Bertz CT molecular complexity index is 159. The van der Waals surface area contributed by atoms with E-state index in [4.69, 9.17) is 5.73 Å². The highest BCUT2D eigenvalue weighted by molar-refractivity contribution is 4.75. The molecule has 0 aromatic heterocycles. The number of halogens is 3. The van der Waals surface area contributed by atoms with Crippen LogP contribution in [-0.2, 0) is 0 Å². The van der Waals surface area contributed by atoms with Crippen LogP contribution in [0, 0.1) is 0 Å². The standard InChI is InChI=1S/C9H19F3N2/c1-4-8(13)7(2)14(3)6-5-9(10,11)12/h7-8H,4-6,13H2,1-3H3. The van der Waals surface area contributed by atoms with Crippen LogP contribution in [0.1, 0.15) is 26.7 Å². The van der Waals surface area contributed by atoms with Crippen LogP contribution in [0.25, 0.3) is 0 Å². The molecular weight excluding hydrogens is 193 g/mol. The zero-order chi connectivity index (χ0) is 11.4. The highest BCUT2D eigenvalue weighted by Gasteiger charge is 2.28. The van der Waals surface area contributed by atoms with Gasteiger partial charge in [-0.05, 0) is 20.4 Å². The van der Waals surface area contributed by atoms with E-state index >= 15 is 0 Å². The second kappa shape index (κ2) is 5.56. The number of hydrogen-bond donors (Lipinski definition) is 1. The summed E-state index contributed by atoms with van der Waals surface area (Å²) >= 11 is 0. The molecule has 2 N–H and O–H groups in total. The van der Waals surface area contributed by atoms with Crippen molar-refractivity contribution in [3.63, 3.8) is 0 Å². The van der Waals surface area contributed by atoms with E-state index in [1.165, 1.54) is 0 Å². The minimum atomic E-state index is -4.08. The number of alkyl halides is 3. The van der Waals surface area contributed by atoms with Crippen LogP contribution in [0.5, 0.6) is 0 Å². The first-order valence-electron chi connectivity index (χ1n) is 4.80. The summed E-state index contributed by atoms with van der Waals surface area (Å²) in [6.45, 7) is 3.79. The Balaban J connectivity index is 3.90. The van der Waals surface area contributed by atoms with Gasteiger partial charge in [0.05, 0.1) is 6.42 Å². The van der Waals surface area contributed by atoms with Gasteiger partial charge in [-0.25, -0.2) is 0 Å². The van der Waals surface area contributed by atoms with Gasteiger partial charge in [-0.15, -0.1) is 0 Å². The van der Waals surface area contributed by atoms with Gasteiger partial charge in [-0.3, -0.25) is 0 Å². The molecular formula is C9H19F3N2. The molecule has 2 unspecified atom stereocenters. The zero-order valence-electron chi connectivity index (χ0n) is 8.93. The largest absolute Gasteiger partial charge is 0.390 e. The predicted molar refractivity (Wildman–Crippen MR) is 51.0 cm³/mol. The highest BCUT2D eigenvalue weighted by Crippen LogP contribution is 2.20. The van der Waals surface area contributed by atoms with Crippen LogP contribution < -0.4 is 5.73 Å². The second-order valence-electron chi connectivity index (χ2n) is 3.66. The average Bonchev–Trinajstić information content (AvgIpc) is 2.10. The van der Waals surface area contributed by atoms with E-state index < -0.39 is 12.6 Å². The third-order valence-corrected chi connectivity index (χ3v) is 2.53.